The maximum Gasteiger partial charge on any atom is 0.260 e. The van der Waals surface area contributed by atoms with Crippen LogP contribution in [0, 0.1) is 6.92 Å². The van der Waals surface area contributed by atoms with Crippen LogP contribution in [0.2, 0.25) is 10.0 Å². The molecule has 0 fully saturated rings. The molecule has 0 radical (unpaired) electrons. The van der Waals surface area contributed by atoms with Gasteiger partial charge in [-0.25, -0.2) is 0 Å². The molecular formula is C22H18Cl2N2O2. The van der Waals surface area contributed by atoms with Gasteiger partial charge in [0.05, 0.1) is 12.8 Å². The number of nitrogens with zero attached hydrogens (tertiary/aromatic N) is 1. The van der Waals surface area contributed by atoms with Crippen LogP contribution in [0.5, 0.6) is 5.75 Å². The molecule has 0 saturated heterocycles. The van der Waals surface area contributed by atoms with Gasteiger partial charge in [0.15, 0.2) is 0 Å². The third kappa shape index (κ3) is 3.19. The highest BCUT2D eigenvalue weighted by molar-refractivity contribution is 6.31. The monoisotopic (exact) mass is 412 g/mol. The van der Waals surface area contributed by atoms with Crippen molar-refractivity contribution < 1.29 is 9.53 Å². The third-order valence-electron chi connectivity index (χ3n) is 4.84. The Hall–Kier alpha value is -2.69. The Balaban J connectivity index is 1.81. The lowest BCUT2D eigenvalue weighted by molar-refractivity contribution is 0.0993. The van der Waals surface area contributed by atoms with Crippen LogP contribution < -0.4 is 15.0 Å². The highest BCUT2D eigenvalue weighted by Gasteiger charge is 2.38. The summed E-state index contributed by atoms with van der Waals surface area (Å²) in [5, 5.41) is 4.71. The van der Waals surface area contributed by atoms with E-state index in [0.717, 1.165) is 22.5 Å². The quantitative estimate of drug-likeness (QED) is 0.564. The van der Waals surface area contributed by atoms with Crippen molar-refractivity contribution in [2.45, 2.75) is 13.1 Å². The molecule has 3 aromatic carbocycles. The molecule has 142 valence electrons. The molecule has 28 heavy (non-hydrogen) atoms. The average molecular weight is 413 g/mol. The maximum atomic E-state index is 13.2. The molecule has 0 unspecified atom stereocenters. The fourth-order valence-corrected chi connectivity index (χ4v) is 3.70. The van der Waals surface area contributed by atoms with Crippen LogP contribution in [0.3, 0.4) is 0 Å². The summed E-state index contributed by atoms with van der Waals surface area (Å²) in [7, 11) is 1.59. The van der Waals surface area contributed by atoms with Gasteiger partial charge < -0.3 is 10.1 Å². The van der Waals surface area contributed by atoms with Crippen LogP contribution in [0.15, 0.2) is 60.7 Å². The smallest absolute Gasteiger partial charge is 0.260 e. The minimum atomic E-state index is -0.389. The number of nitrogens with one attached hydrogen (secondary N) is 1. The molecule has 6 heteroatoms. The first kappa shape index (κ1) is 18.7. The molecule has 0 aromatic heterocycles. The van der Waals surface area contributed by atoms with Gasteiger partial charge in [-0.2, -0.15) is 0 Å². The van der Waals surface area contributed by atoms with Gasteiger partial charge in [-0.15, -0.1) is 0 Å². The van der Waals surface area contributed by atoms with Crippen molar-refractivity contribution >= 4 is 40.5 Å². The van der Waals surface area contributed by atoms with Gasteiger partial charge in [0.1, 0.15) is 11.9 Å². The molecule has 1 N–H and O–H groups in total. The largest absolute Gasteiger partial charge is 0.495 e. The lowest BCUT2D eigenvalue weighted by atomic mass is 10.1. The van der Waals surface area contributed by atoms with Gasteiger partial charge in [-0.1, -0.05) is 41.4 Å². The topological polar surface area (TPSA) is 41.6 Å². The first-order valence-corrected chi connectivity index (χ1v) is 9.54. The van der Waals surface area contributed by atoms with Crippen LogP contribution in [0.1, 0.15) is 27.7 Å². The summed E-state index contributed by atoms with van der Waals surface area (Å²) in [4.78, 5) is 14.9. The van der Waals surface area contributed by atoms with E-state index in [-0.39, 0.29) is 12.1 Å². The first-order chi connectivity index (χ1) is 13.5. The summed E-state index contributed by atoms with van der Waals surface area (Å²) in [6.45, 7) is 1.93. The van der Waals surface area contributed by atoms with Crippen molar-refractivity contribution in [1.82, 2.24) is 0 Å². The Labute approximate surface area is 173 Å². The Morgan fingerprint density at radius 1 is 1.04 bits per heavy atom. The fourth-order valence-electron chi connectivity index (χ4n) is 3.42. The van der Waals surface area contributed by atoms with E-state index in [1.165, 1.54) is 0 Å². The van der Waals surface area contributed by atoms with Crippen LogP contribution in [0.4, 0.5) is 11.4 Å². The fraction of sp³-hybridized carbons (Fsp3) is 0.136. The van der Waals surface area contributed by atoms with Gasteiger partial charge in [-0.05, 0) is 48.9 Å². The normalized spacial score (nSPS) is 15.5. The molecule has 4 rings (SSSR count). The van der Waals surface area contributed by atoms with E-state index in [1.807, 2.05) is 49.4 Å². The van der Waals surface area contributed by atoms with Gasteiger partial charge in [0.2, 0.25) is 0 Å². The molecule has 3 aromatic rings. The van der Waals surface area contributed by atoms with Gasteiger partial charge >= 0.3 is 0 Å². The summed E-state index contributed by atoms with van der Waals surface area (Å²) in [6, 6.07) is 18.5. The number of fused-ring (bicyclic) bond motifs is 1. The highest BCUT2D eigenvalue weighted by atomic mass is 35.5. The highest BCUT2D eigenvalue weighted by Crippen LogP contribution is 2.41. The number of hydrogen-bond acceptors (Lipinski definition) is 3. The van der Waals surface area contributed by atoms with E-state index >= 15 is 0 Å². The van der Waals surface area contributed by atoms with Gasteiger partial charge in [0, 0.05) is 32.9 Å². The summed E-state index contributed by atoms with van der Waals surface area (Å²) >= 11 is 12.3. The summed E-state index contributed by atoms with van der Waals surface area (Å²) in [5.41, 5.74) is 4.00. The van der Waals surface area contributed by atoms with E-state index < -0.39 is 0 Å². The first-order valence-electron chi connectivity index (χ1n) is 8.78. The number of benzene rings is 3. The number of ether oxygens (including phenoxy) is 1. The van der Waals surface area contributed by atoms with E-state index in [9.17, 15) is 4.79 Å². The molecule has 1 amide bonds. The number of aryl methyl sites for hydroxylation is 1. The second kappa shape index (κ2) is 7.38. The Morgan fingerprint density at radius 2 is 1.75 bits per heavy atom. The number of methoxy groups -OCH3 is 1. The summed E-state index contributed by atoms with van der Waals surface area (Å²) in [5.74, 6) is 0.545. The molecule has 4 nitrogen and oxygen atoms in total. The number of amides is 1. The van der Waals surface area contributed by atoms with Gasteiger partial charge in [-0.3, -0.25) is 9.69 Å². The Morgan fingerprint density at radius 3 is 2.46 bits per heavy atom. The van der Waals surface area contributed by atoms with E-state index in [0.29, 0.717) is 21.4 Å². The number of carbonyl (C=O) groups excluding carboxylic acids is 1. The number of rotatable bonds is 4. The SMILES string of the molecule is COc1cc(Cl)c(C)cc1N[C@@H]1c2ccccc2C(=O)N1c1ccc(Cl)cc1. The van der Waals surface area contributed by atoms with Crippen LogP contribution in [-0.4, -0.2) is 13.0 Å². The second-order valence-corrected chi connectivity index (χ2v) is 7.43. The standard InChI is InChI=1S/C22H18Cl2N2O2/c1-13-11-19(20(28-2)12-18(13)24)25-21-16-5-3-4-6-17(16)22(27)26(21)15-9-7-14(23)8-10-15/h3-12,21,25H,1-2H3/t21-/m0/s1. The molecule has 1 heterocycles. The van der Waals surface area contributed by atoms with Crippen molar-refractivity contribution in [2.75, 3.05) is 17.3 Å². The molecule has 1 aliphatic rings. The lowest BCUT2D eigenvalue weighted by Gasteiger charge is -2.28. The zero-order valence-electron chi connectivity index (χ0n) is 15.4. The minimum Gasteiger partial charge on any atom is -0.495 e. The predicted octanol–water partition coefficient (Wildman–Crippen LogP) is 6.08. The second-order valence-electron chi connectivity index (χ2n) is 6.59. The third-order valence-corrected chi connectivity index (χ3v) is 5.50. The van der Waals surface area contributed by atoms with Crippen LogP contribution in [-0.2, 0) is 0 Å². The number of hydrogen-bond donors (Lipinski definition) is 1. The maximum absolute atomic E-state index is 13.2. The molecule has 0 spiro atoms. The van der Waals surface area contributed by atoms with Gasteiger partial charge in [0.25, 0.3) is 5.91 Å². The molecule has 1 aliphatic heterocycles. The zero-order valence-corrected chi connectivity index (χ0v) is 16.9. The van der Waals surface area contributed by atoms with E-state index in [2.05, 4.69) is 5.32 Å². The minimum absolute atomic E-state index is 0.0694. The average Bonchev–Trinajstić information content (AvgIpc) is 2.97. The molecule has 0 bridgehead atoms. The summed E-state index contributed by atoms with van der Waals surface area (Å²) in [6.07, 6.45) is -0.389. The predicted molar refractivity (Wildman–Crippen MR) is 114 cm³/mol. The molecule has 1 atom stereocenters. The lowest BCUT2D eigenvalue weighted by Crippen LogP contribution is -2.32. The van der Waals surface area contributed by atoms with Crippen molar-refractivity contribution in [1.29, 1.82) is 0 Å². The van der Waals surface area contributed by atoms with Crippen LogP contribution >= 0.6 is 23.2 Å². The van der Waals surface area contributed by atoms with Crippen molar-refractivity contribution in [2.24, 2.45) is 0 Å². The molecular weight excluding hydrogens is 395 g/mol. The molecule has 0 saturated carbocycles. The van der Waals surface area contributed by atoms with Crippen molar-refractivity contribution in [3.05, 3.63) is 87.4 Å². The molecule has 0 aliphatic carbocycles. The number of anilines is 2. The van der Waals surface area contributed by atoms with E-state index in [1.54, 1.807) is 30.2 Å². The van der Waals surface area contributed by atoms with Crippen molar-refractivity contribution in [3.8, 4) is 5.75 Å². The Bertz CT molecular complexity index is 1050. The summed E-state index contributed by atoms with van der Waals surface area (Å²) < 4.78 is 5.50. The van der Waals surface area contributed by atoms with Crippen molar-refractivity contribution in [3.63, 3.8) is 0 Å². The number of halogens is 2. The van der Waals surface area contributed by atoms with Crippen LogP contribution in [0.25, 0.3) is 0 Å². The zero-order chi connectivity index (χ0) is 19.8. The van der Waals surface area contributed by atoms with E-state index in [4.69, 9.17) is 27.9 Å². The number of carbonyl (C=O) groups is 1. The Kier molecular flexibility index (Phi) is 4.92.